The number of halogens is 2. The van der Waals surface area contributed by atoms with Crippen LogP contribution in [0.25, 0.3) is 10.6 Å². The van der Waals surface area contributed by atoms with Crippen LogP contribution < -0.4 is 11.1 Å². The molecule has 23 heavy (non-hydrogen) atoms. The van der Waals surface area contributed by atoms with E-state index in [1.54, 1.807) is 0 Å². The summed E-state index contributed by atoms with van der Waals surface area (Å²) in [5, 5.41) is 4.34. The number of hydrogen-bond donors (Lipinski definition) is 2. The van der Waals surface area contributed by atoms with Gasteiger partial charge < -0.3 is 11.1 Å². The van der Waals surface area contributed by atoms with Crippen molar-refractivity contribution < 1.29 is 13.6 Å². The third kappa shape index (κ3) is 3.92. The SMILES string of the molecule is CCC(N)(CC)CNC(=O)c1csc(-c2c(F)cccc2F)n1. The highest BCUT2D eigenvalue weighted by Gasteiger charge is 2.22. The fourth-order valence-electron chi connectivity index (χ4n) is 2.04. The highest BCUT2D eigenvalue weighted by atomic mass is 32.1. The predicted octanol–water partition coefficient (Wildman–Crippen LogP) is 3.34. The zero-order valence-corrected chi connectivity index (χ0v) is 13.8. The summed E-state index contributed by atoms with van der Waals surface area (Å²) in [5.74, 6) is -1.81. The number of benzene rings is 1. The molecule has 0 unspecified atom stereocenters. The molecule has 0 atom stereocenters. The van der Waals surface area contributed by atoms with Crippen LogP contribution in [-0.2, 0) is 0 Å². The van der Waals surface area contributed by atoms with E-state index in [1.165, 1.54) is 11.4 Å². The molecule has 0 saturated heterocycles. The van der Waals surface area contributed by atoms with Crippen LogP contribution in [-0.4, -0.2) is 23.0 Å². The Morgan fingerprint density at radius 2 is 1.91 bits per heavy atom. The van der Waals surface area contributed by atoms with Crippen LogP contribution >= 0.6 is 11.3 Å². The zero-order chi connectivity index (χ0) is 17.0. The molecule has 0 aliphatic heterocycles. The molecule has 0 aliphatic rings. The Labute approximate surface area is 137 Å². The lowest BCUT2D eigenvalue weighted by Crippen LogP contribution is -2.49. The first-order chi connectivity index (χ1) is 10.9. The first-order valence-electron chi connectivity index (χ1n) is 7.37. The normalized spacial score (nSPS) is 11.5. The van der Waals surface area contributed by atoms with Crippen LogP contribution in [0, 0.1) is 11.6 Å². The van der Waals surface area contributed by atoms with Gasteiger partial charge in [0.05, 0.1) is 5.56 Å². The van der Waals surface area contributed by atoms with Gasteiger partial charge in [0.15, 0.2) is 0 Å². The van der Waals surface area contributed by atoms with Crippen LogP contribution in [0.3, 0.4) is 0 Å². The highest BCUT2D eigenvalue weighted by molar-refractivity contribution is 7.13. The molecule has 0 saturated carbocycles. The van der Waals surface area contributed by atoms with Crippen LogP contribution in [0.1, 0.15) is 37.2 Å². The predicted molar refractivity (Wildman–Crippen MR) is 87.3 cm³/mol. The van der Waals surface area contributed by atoms with Crippen molar-refractivity contribution in [1.82, 2.24) is 10.3 Å². The van der Waals surface area contributed by atoms with Crippen LogP contribution in [0.15, 0.2) is 23.6 Å². The second-order valence-corrected chi connectivity index (χ2v) is 6.24. The number of rotatable bonds is 6. The van der Waals surface area contributed by atoms with E-state index in [2.05, 4.69) is 10.3 Å². The summed E-state index contributed by atoms with van der Waals surface area (Å²) in [6.45, 7) is 4.23. The number of carbonyl (C=O) groups is 1. The molecule has 3 N–H and O–H groups in total. The Morgan fingerprint density at radius 3 is 2.48 bits per heavy atom. The molecule has 0 fully saturated rings. The van der Waals surface area contributed by atoms with Gasteiger partial charge in [0.25, 0.3) is 5.91 Å². The van der Waals surface area contributed by atoms with Crippen LogP contribution in [0.2, 0.25) is 0 Å². The molecule has 124 valence electrons. The summed E-state index contributed by atoms with van der Waals surface area (Å²) in [4.78, 5) is 16.2. The minimum atomic E-state index is -0.704. The number of nitrogens with zero attached hydrogens (tertiary/aromatic N) is 1. The Bertz CT molecular complexity index is 678. The quantitative estimate of drug-likeness (QED) is 0.848. The maximum atomic E-state index is 13.8. The maximum absolute atomic E-state index is 13.8. The van der Waals surface area contributed by atoms with Gasteiger partial charge >= 0.3 is 0 Å². The van der Waals surface area contributed by atoms with E-state index in [-0.39, 0.29) is 16.3 Å². The van der Waals surface area contributed by atoms with Crippen molar-refractivity contribution in [3.05, 3.63) is 40.9 Å². The number of aromatic nitrogens is 1. The molecule has 1 aromatic heterocycles. The molecule has 0 aliphatic carbocycles. The molecule has 0 radical (unpaired) electrons. The molecule has 7 heteroatoms. The average Bonchev–Trinajstić information content (AvgIpc) is 3.02. The minimum Gasteiger partial charge on any atom is -0.349 e. The van der Waals surface area contributed by atoms with E-state index < -0.39 is 23.1 Å². The van der Waals surface area contributed by atoms with E-state index in [0.717, 1.165) is 36.3 Å². The minimum absolute atomic E-state index is 0.127. The van der Waals surface area contributed by atoms with Crippen molar-refractivity contribution in [2.45, 2.75) is 32.2 Å². The van der Waals surface area contributed by atoms with Gasteiger partial charge in [-0.15, -0.1) is 11.3 Å². The molecule has 4 nitrogen and oxygen atoms in total. The lowest BCUT2D eigenvalue weighted by Gasteiger charge is -2.26. The molecule has 0 bridgehead atoms. The van der Waals surface area contributed by atoms with Crippen molar-refractivity contribution in [2.75, 3.05) is 6.54 Å². The molecular weight excluding hydrogens is 320 g/mol. The third-order valence-electron chi connectivity index (χ3n) is 3.92. The Balaban J connectivity index is 2.15. The van der Waals surface area contributed by atoms with Crippen molar-refractivity contribution in [3.63, 3.8) is 0 Å². The average molecular weight is 339 g/mol. The van der Waals surface area contributed by atoms with Crippen molar-refractivity contribution in [2.24, 2.45) is 5.73 Å². The second kappa shape index (κ2) is 7.14. The lowest BCUT2D eigenvalue weighted by atomic mass is 9.94. The monoisotopic (exact) mass is 339 g/mol. The van der Waals surface area contributed by atoms with Gasteiger partial charge in [-0.2, -0.15) is 0 Å². The van der Waals surface area contributed by atoms with Crippen LogP contribution in [0.5, 0.6) is 0 Å². The summed E-state index contributed by atoms with van der Waals surface area (Å²) in [7, 11) is 0. The fourth-order valence-corrected chi connectivity index (χ4v) is 2.89. The van der Waals surface area contributed by atoms with Gasteiger partial charge in [-0.05, 0) is 25.0 Å². The van der Waals surface area contributed by atoms with E-state index in [4.69, 9.17) is 5.73 Å². The summed E-state index contributed by atoms with van der Waals surface area (Å²) in [6.07, 6.45) is 1.46. The molecular formula is C16H19F2N3OS. The Hall–Kier alpha value is -1.86. The largest absolute Gasteiger partial charge is 0.349 e. The Kier molecular flexibility index (Phi) is 5.43. The smallest absolute Gasteiger partial charge is 0.270 e. The molecule has 2 aromatic rings. The Morgan fingerprint density at radius 1 is 1.30 bits per heavy atom. The van der Waals surface area contributed by atoms with Crippen LogP contribution in [0.4, 0.5) is 8.78 Å². The number of carbonyl (C=O) groups excluding carboxylic acids is 1. The standard InChI is InChI=1S/C16H19F2N3OS/c1-3-16(19,4-2)9-20-14(22)12-8-23-15(21-12)13-10(17)6-5-7-11(13)18/h5-8H,3-4,9,19H2,1-2H3,(H,20,22). The number of nitrogens with one attached hydrogen (secondary N) is 1. The molecule has 2 rings (SSSR count). The van der Waals surface area contributed by atoms with Gasteiger partial charge in [-0.3, -0.25) is 4.79 Å². The van der Waals surface area contributed by atoms with E-state index in [9.17, 15) is 13.6 Å². The summed E-state index contributed by atoms with van der Waals surface area (Å²) in [5.41, 5.74) is 5.57. The number of thiazole rings is 1. The third-order valence-corrected chi connectivity index (χ3v) is 4.78. The fraction of sp³-hybridized carbons (Fsp3) is 0.375. The van der Waals surface area contributed by atoms with E-state index in [1.807, 2.05) is 13.8 Å². The van der Waals surface area contributed by atoms with Gasteiger partial charge in [0.1, 0.15) is 22.3 Å². The summed E-state index contributed by atoms with van der Waals surface area (Å²) >= 11 is 1.02. The molecule has 0 spiro atoms. The van der Waals surface area contributed by atoms with E-state index in [0.29, 0.717) is 6.54 Å². The van der Waals surface area contributed by atoms with Gasteiger partial charge in [-0.1, -0.05) is 19.9 Å². The number of hydrogen-bond acceptors (Lipinski definition) is 4. The first kappa shape index (κ1) is 17.5. The van der Waals surface area contributed by atoms with Gasteiger partial charge in [0.2, 0.25) is 0 Å². The number of nitrogens with two attached hydrogens (primary N) is 1. The summed E-state index contributed by atoms with van der Waals surface area (Å²) < 4.78 is 27.5. The lowest BCUT2D eigenvalue weighted by molar-refractivity contribution is 0.0938. The van der Waals surface area contributed by atoms with Gasteiger partial charge in [-0.25, -0.2) is 13.8 Å². The molecule has 1 aromatic carbocycles. The highest BCUT2D eigenvalue weighted by Crippen LogP contribution is 2.28. The topological polar surface area (TPSA) is 68.0 Å². The van der Waals surface area contributed by atoms with Crippen molar-refractivity contribution in [3.8, 4) is 10.6 Å². The maximum Gasteiger partial charge on any atom is 0.270 e. The van der Waals surface area contributed by atoms with Crippen molar-refractivity contribution in [1.29, 1.82) is 0 Å². The van der Waals surface area contributed by atoms with Crippen molar-refractivity contribution >= 4 is 17.2 Å². The van der Waals surface area contributed by atoms with E-state index >= 15 is 0 Å². The summed E-state index contributed by atoms with van der Waals surface area (Å²) in [6, 6.07) is 3.60. The zero-order valence-electron chi connectivity index (χ0n) is 13.0. The second-order valence-electron chi connectivity index (χ2n) is 5.39. The molecule has 1 amide bonds. The molecule has 1 heterocycles. The van der Waals surface area contributed by atoms with Gasteiger partial charge in [0, 0.05) is 17.5 Å². The first-order valence-corrected chi connectivity index (χ1v) is 8.25. The number of amides is 1.